The van der Waals surface area contributed by atoms with E-state index in [-0.39, 0.29) is 18.4 Å². The molecule has 1 aromatic heterocycles. The zero-order chi connectivity index (χ0) is 22.5. The number of rotatable bonds is 13. The van der Waals surface area contributed by atoms with E-state index < -0.39 is 6.10 Å². The monoisotopic (exact) mass is 465 g/mol. The average molecular weight is 466 g/mol. The third-order valence-corrected chi connectivity index (χ3v) is 5.00. The number of amides is 1. The minimum absolute atomic E-state index is 0.241. The maximum absolute atomic E-state index is 12.1. The van der Waals surface area contributed by atoms with Gasteiger partial charge in [-0.2, -0.15) is 0 Å². The molecule has 1 atom stereocenters. The van der Waals surface area contributed by atoms with Crippen LogP contribution in [0.3, 0.4) is 0 Å². The van der Waals surface area contributed by atoms with E-state index in [1.54, 1.807) is 25.3 Å². The van der Waals surface area contributed by atoms with Crippen LogP contribution in [0, 0.1) is 0 Å². The minimum Gasteiger partial charge on any atom is -0.461 e. The predicted molar refractivity (Wildman–Crippen MR) is 125 cm³/mol. The molecule has 0 fully saturated rings. The molecule has 2 aromatic rings. The van der Waals surface area contributed by atoms with Crippen LogP contribution in [-0.2, 0) is 16.0 Å². The average Bonchev–Trinajstić information content (AvgIpc) is 2.78. The molecule has 2 rings (SSSR count). The van der Waals surface area contributed by atoms with Crippen LogP contribution in [0.2, 0.25) is 0 Å². The Labute approximate surface area is 193 Å². The van der Waals surface area contributed by atoms with Crippen LogP contribution in [0.15, 0.2) is 48.8 Å². The summed E-state index contributed by atoms with van der Waals surface area (Å²) in [6, 6.07) is 11.6. The summed E-state index contributed by atoms with van der Waals surface area (Å²) in [4.78, 5) is 30.1. The number of anilines is 1. The molecule has 0 aliphatic carbocycles. The van der Waals surface area contributed by atoms with Crippen molar-refractivity contribution in [1.29, 1.82) is 0 Å². The number of nitrogens with zero attached hydrogens (tertiary/aromatic N) is 2. The van der Waals surface area contributed by atoms with E-state index >= 15 is 0 Å². The van der Waals surface area contributed by atoms with Crippen LogP contribution in [0.1, 0.15) is 35.7 Å². The van der Waals surface area contributed by atoms with E-state index in [4.69, 9.17) is 27.9 Å². The Morgan fingerprint density at radius 1 is 1.13 bits per heavy atom. The van der Waals surface area contributed by atoms with Gasteiger partial charge >= 0.3 is 5.97 Å². The van der Waals surface area contributed by atoms with E-state index in [2.05, 4.69) is 39.5 Å². The molecular weight excluding hydrogens is 437 g/mol. The van der Waals surface area contributed by atoms with Gasteiger partial charge in [0, 0.05) is 49.4 Å². The van der Waals surface area contributed by atoms with Crippen molar-refractivity contribution in [2.24, 2.45) is 0 Å². The first kappa shape index (κ1) is 25.0. The van der Waals surface area contributed by atoms with Crippen molar-refractivity contribution in [2.75, 3.05) is 36.3 Å². The Kier molecular flexibility index (Phi) is 11.2. The fourth-order valence-corrected chi connectivity index (χ4v) is 3.45. The van der Waals surface area contributed by atoms with Gasteiger partial charge in [-0.3, -0.25) is 14.6 Å². The van der Waals surface area contributed by atoms with Gasteiger partial charge in [0.2, 0.25) is 0 Å². The lowest BCUT2D eigenvalue weighted by Gasteiger charge is -2.23. The lowest BCUT2D eigenvalue weighted by molar-refractivity contribution is -0.148. The number of esters is 1. The minimum atomic E-state index is -0.401. The summed E-state index contributed by atoms with van der Waals surface area (Å²) < 4.78 is 5.38. The molecule has 0 saturated carbocycles. The number of halogens is 2. The molecule has 0 saturated heterocycles. The molecular formula is C23H29Cl2N3O3. The van der Waals surface area contributed by atoms with Gasteiger partial charge in [-0.05, 0) is 49.6 Å². The predicted octanol–water partition coefficient (Wildman–Crippen LogP) is 4.05. The number of hydrogen-bond acceptors (Lipinski definition) is 5. The maximum atomic E-state index is 12.1. The maximum Gasteiger partial charge on any atom is 0.306 e. The zero-order valence-electron chi connectivity index (χ0n) is 17.7. The molecule has 31 heavy (non-hydrogen) atoms. The number of aryl methyl sites for hydroxylation is 1. The Balaban J connectivity index is 1.68. The number of carbonyl (C=O) groups excluding carboxylic acids is 2. The molecule has 8 heteroatoms. The highest BCUT2D eigenvalue weighted by Gasteiger charge is 2.12. The number of pyridine rings is 1. The first-order valence-corrected chi connectivity index (χ1v) is 11.4. The quantitative estimate of drug-likeness (QED) is 0.356. The zero-order valence-corrected chi connectivity index (χ0v) is 19.2. The van der Waals surface area contributed by atoms with Crippen molar-refractivity contribution in [3.05, 3.63) is 59.9 Å². The fraction of sp³-hybridized carbons (Fsp3) is 0.435. The second-order valence-electron chi connectivity index (χ2n) is 7.14. The molecule has 0 aliphatic heterocycles. The molecule has 0 radical (unpaired) electrons. The van der Waals surface area contributed by atoms with Gasteiger partial charge in [-0.15, -0.1) is 23.2 Å². The number of ether oxygens (including phenoxy) is 1. The molecule has 168 valence electrons. The molecule has 1 heterocycles. The number of hydrogen-bond donors (Lipinski definition) is 1. The normalized spacial score (nSPS) is 11.6. The highest BCUT2D eigenvalue weighted by Crippen LogP contribution is 2.17. The number of nitrogens with one attached hydrogen (secondary N) is 1. The highest BCUT2D eigenvalue weighted by molar-refractivity contribution is 6.18. The Morgan fingerprint density at radius 3 is 2.45 bits per heavy atom. The molecule has 1 N–H and O–H groups in total. The van der Waals surface area contributed by atoms with Crippen molar-refractivity contribution in [3.63, 3.8) is 0 Å². The molecule has 1 aromatic carbocycles. The summed E-state index contributed by atoms with van der Waals surface area (Å²) in [7, 11) is 0. The lowest BCUT2D eigenvalue weighted by atomic mass is 10.1. The second-order valence-corrected chi connectivity index (χ2v) is 7.89. The van der Waals surface area contributed by atoms with E-state index in [9.17, 15) is 9.59 Å². The Bertz CT molecular complexity index is 797. The smallest absolute Gasteiger partial charge is 0.306 e. The first-order chi connectivity index (χ1) is 15.0. The largest absolute Gasteiger partial charge is 0.461 e. The van der Waals surface area contributed by atoms with Crippen molar-refractivity contribution in [1.82, 2.24) is 10.3 Å². The van der Waals surface area contributed by atoms with Crippen LogP contribution < -0.4 is 10.2 Å². The summed E-state index contributed by atoms with van der Waals surface area (Å²) in [5, 5.41) is 2.74. The standard InChI is InChI=1S/C23H29Cl2N3O3/c1-18(16-27-23(30)20-5-3-13-26-17-20)31-22(29)6-2-4-19-7-9-21(10-8-19)28(14-11-24)15-12-25/h3,5,7-10,13,17-18H,2,4,6,11-12,14-16H2,1H3,(H,27,30). The van der Waals surface area contributed by atoms with Crippen LogP contribution in [0.5, 0.6) is 0 Å². The van der Waals surface area contributed by atoms with Gasteiger partial charge in [0.1, 0.15) is 6.10 Å². The summed E-state index contributed by atoms with van der Waals surface area (Å²) in [5.74, 6) is 0.587. The van der Waals surface area contributed by atoms with Crippen molar-refractivity contribution in [2.45, 2.75) is 32.3 Å². The highest BCUT2D eigenvalue weighted by atomic mass is 35.5. The number of aromatic nitrogens is 1. The van der Waals surface area contributed by atoms with Gasteiger partial charge in [-0.25, -0.2) is 0 Å². The van der Waals surface area contributed by atoms with Crippen LogP contribution >= 0.6 is 23.2 Å². The third kappa shape index (κ3) is 9.15. The molecule has 6 nitrogen and oxygen atoms in total. The van der Waals surface area contributed by atoms with Gasteiger partial charge in [0.25, 0.3) is 5.91 Å². The third-order valence-electron chi connectivity index (χ3n) is 4.66. The van der Waals surface area contributed by atoms with E-state index in [0.717, 1.165) is 30.8 Å². The second kappa shape index (κ2) is 13.9. The molecule has 1 amide bonds. The topological polar surface area (TPSA) is 71.5 Å². The van der Waals surface area contributed by atoms with Crippen LogP contribution in [0.25, 0.3) is 0 Å². The van der Waals surface area contributed by atoms with Crippen LogP contribution in [0.4, 0.5) is 5.69 Å². The van der Waals surface area contributed by atoms with E-state index in [1.807, 2.05) is 0 Å². The summed E-state index contributed by atoms with van der Waals surface area (Å²) in [6.45, 7) is 3.51. The molecule has 0 aliphatic rings. The van der Waals surface area contributed by atoms with Crippen molar-refractivity contribution in [3.8, 4) is 0 Å². The van der Waals surface area contributed by atoms with Gasteiger partial charge < -0.3 is 15.0 Å². The Morgan fingerprint density at radius 2 is 1.84 bits per heavy atom. The van der Waals surface area contributed by atoms with Crippen molar-refractivity contribution < 1.29 is 14.3 Å². The molecule has 0 bridgehead atoms. The number of carbonyl (C=O) groups is 2. The summed E-state index contributed by atoms with van der Waals surface area (Å²) in [5.41, 5.74) is 2.72. The number of alkyl halides is 2. The SMILES string of the molecule is CC(CNC(=O)c1cccnc1)OC(=O)CCCc1ccc(N(CCCl)CCCl)cc1. The van der Waals surface area contributed by atoms with E-state index in [1.165, 1.54) is 6.20 Å². The molecule has 0 spiro atoms. The lowest BCUT2D eigenvalue weighted by Crippen LogP contribution is -2.33. The first-order valence-electron chi connectivity index (χ1n) is 10.4. The number of benzene rings is 1. The van der Waals surface area contributed by atoms with Crippen LogP contribution in [-0.4, -0.2) is 54.4 Å². The van der Waals surface area contributed by atoms with Gasteiger partial charge in [-0.1, -0.05) is 12.1 Å². The van der Waals surface area contributed by atoms with Gasteiger partial charge in [0.05, 0.1) is 12.1 Å². The fourth-order valence-electron chi connectivity index (χ4n) is 3.04. The summed E-state index contributed by atoms with van der Waals surface area (Å²) in [6.07, 6.45) is 4.50. The van der Waals surface area contributed by atoms with Crippen molar-refractivity contribution >= 4 is 40.8 Å². The van der Waals surface area contributed by atoms with Gasteiger partial charge in [0.15, 0.2) is 0 Å². The van der Waals surface area contributed by atoms with E-state index in [0.29, 0.717) is 30.2 Å². The Hall–Kier alpha value is -2.31. The summed E-state index contributed by atoms with van der Waals surface area (Å²) >= 11 is 11.7. The molecule has 1 unspecified atom stereocenters.